The van der Waals surface area contributed by atoms with E-state index >= 15 is 0 Å². The number of ether oxygens (including phenoxy) is 1. The van der Waals surface area contributed by atoms with Crippen molar-refractivity contribution in [2.45, 2.75) is 19.1 Å². The van der Waals surface area contributed by atoms with Crippen molar-refractivity contribution in [2.24, 2.45) is 5.73 Å². The second kappa shape index (κ2) is 7.67. The Morgan fingerprint density at radius 3 is 2.54 bits per heavy atom. The number of primary amides is 1. The topological polar surface area (TPSA) is 80.5 Å². The lowest BCUT2D eigenvalue weighted by Gasteiger charge is -2.38. The lowest BCUT2D eigenvalue weighted by molar-refractivity contribution is -0.137. The van der Waals surface area contributed by atoms with E-state index < -0.39 is 23.2 Å². The number of aromatic nitrogens is 1. The second-order valence-corrected chi connectivity index (χ2v) is 6.54. The van der Waals surface area contributed by atoms with Crippen molar-refractivity contribution in [1.82, 2.24) is 10.3 Å². The molecule has 0 spiro atoms. The maximum Gasteiger partial charge on any atom is 0.419 e. The Bertz CT molecular complexity index is 872. The van der Waals surface area contributed by atoms with Crippen molar-refractivity contribution in [1.29, 1.82) is 0 Å². The predicted octanol–water partition coefficient (Wildman–Crippen LogP) is 2.67. The molecular weight excluding hydrogens is 373 g/mol. The Kier molecular flexibility index (Phi) is 5.46. The molecule has 0 aliphatic carbocycles. The van der Waals surface area contributed by atoms with Crippen LogP contribution >= 0.6 is 0 Å². The average Bonchev–Trinajstić information content (AvgIpc) is 2.66. The Hall–Kier alpha value is -2.81. The summed E-state index contributed by atoms with van der Waals surface area (Å²) in [7, 11) is 1.26. The van der Waals surface area contributed by atoms with Gasteiger partial charge in [0.05, 0.1) is 23.9 Å². The molecule has 28 heavy (non-hydrogen) atoms. The normalized spacial score (nSPS) is 17.5. The summed E-state index contributed by atoms with van der Waals surface area (Å²) in [5, 5.41) is 3.13. The van der Waals surface area contributed by atoms with Gasteiger partial charge in [-0.15, -0.1) is 0 Å². The van der Waals surface area contributed by atoms with Crippen LogP contribution in [0.15, 0.2) is 30.3 Å². The number of piperazine rings is 1. The fourth-order valence-corrected chi connectivity index (χ4v) is 3.46. The summed E-state index contributed by atoms with van der Waals surface area (Å²) in [6, 6.07) is 7.89. The van der Waals surface area contributed by atoms with Gasteiger partial charge in [0, 0.05) is 31.2 Å². The first-order chi connectivity index (χ1) is 13.3. The number of carbonyl (C=O) groups is 1. The molecule has 1 saturated heterocycles. The van der Waals surface area contributed by atoms with Crippen LogP contribution in [0.3, 0.4) is 0 Å². The zero-order valence-electron chi connectivity index (χ0n) is 15.5. The van der Waals surface area contributed by atoms with E-state index in [0.717, 1.165) is 0 Å². The number of alkyl halides is 3. The van der Waals surface area contributed by atoms with Gasteiger partial charge in [0.1, 0.15) is 5.69 Å². The minimum absolute atomic E-state index is 0.149. The smallest absolute Gasteiger partial charge is 0.419 e. The third-order valence-electron chi connectivity index (χ3n) is 4.70. The van der Waals surface area contributed by atoms with E-state index in [1.165, 1.54) is 7.11 Å². The van der Waals surface area contributed by atoms with Gasteiger partial charge in [-0.3, -0.25) is 4.79 Å². The number of halogens is 3. The van der Waals surface area contributed by atoms with E-state index in [9.17, 15) is 18.0 Å². The van der Waals surface area contributed by atoms with Crippen molar-refractivity contribution < 1.29 is 22.7 Å². The summed E-state index contributed by atoms with van der Waals surface area (Å²) < 4.78 is 47.9. The van der Waals surface area contributed by atoms with Crippen LogP contribution in [-0.2, 0) is 6.18 Å². The van der Waals surface area contributed by atoms with Gasteiger partial charge in [0.25, 0.3) is 5.91 Å². The second-order valence-electron chi connectivity index (χ2n) is 6.54. The maximum absolute atomic E-state index is 14.2. The summed E-state index contributed by atoms with van der Waals surface area (Å²) in [5.74, 6) is -1.38. The molecule has 0 radical (unpaired) electrons. The molecule has 3 N–H and O–H groups in total. The summed E-state index contributed by atoms with van der Waals surface area (Å²) in [4.78, 5) is 18.0. The molecule has 6 nitrogen and oxygen atoms in total. The lowest BCUT2D eigenvalue weighted by Crippen LogP contribution is -2.50. The number of hydrogen-bond donors (Lipinski definition) is 2. The number of methoxy groups -OCH3 is 1. The standard InChI is InChI=1S/C19H21F3N4O2/c1-11-10-24-8-9-26(11)16-14(19(20,21)22)13(17(23)27)15(25-18(16)28-2)12-6-4-3-5-7-12/h3-7,11,24H,8-10H2,1-2H3,(H2,23,27). The van der Waals surface area contributed by atoms with Gasteiger partial charge in [-0.1, -0.05) is 30.3 Å². The number of amides is 1. The van der Waals surface area contributed by atoms with Crippen molar-refractivity contribution in [2.75, 3.05) is 31.6 Å². The predicted molar refractivity (Wildman–Crippen MR) is 99.4 cm³/mol. The van der Waals surface area contributed by atoms with Crippen LogP contribution in [0.2, 0.25) is 0 Å². The largest absolute Gasteiger partial charge is 0.479 e. The fraction of sp³-hybridized carbons (Fsp3) is 0.368. The lowest BCUT2D eigenvalue weighted by atomic mass is 9.97. The molecule has 1 aromatic heterocycles. The maximum atomic E-state index is 14.2. The minimum atomic E-state index is -4.83. The Morgan fingerprint density at radius 1 is 1.32 bits per heavy atom. The highest BCUT2D eigenvalue weighted by atomic mass is 19.4. The average molecular weight is 394 g/mol. The van der Waals surface area contributed by atoms with Crippen molar-refractivity contribution in [3.8, 4) is 17.1 Å². The number of nitrogens with one attached hydrogen (secondary N) is 1. The molecule has 1 aromatic carbocycles. The molecule has 2 aromatic rings. The summed E-state index contributed by atoms with van der Waals surface area (Å²) >= 11 is 0. The number of rotatable bonds is 4. The van der Waals surface area contributed by atoms with E-state index in [1.807, 2.05) is 0 Å². The van der Waals surface area contributed by atoms with E-state index in [-0.39, 0.29) is 23.3 Å². The summed E-state index contributed by atoms with van der Waals surface area (Å²) in [5.41, 5.74) is 3.60. The van der Waals surface area contributed by atoms with E-state index in [0.29, 0.717) is 25.2 Å². The number of nitrogens with two attached hydrogens (primary N) is 1. The number of hydrogen-bond acceptors (Lipinski definition) is 5. The van der Waals surface area contributed by atoms with Gasteiger partial charge < -0.3 is 20.7 Å². The third-order valence-corrected chi connectivity index (χ3v) is 4.70. The molecule has 1 aliphatic heterocycles. The summed E-state index contributed by atoms with van der Waals surface area (Å²) in [6.45, 7) is 3.09. The number of nitrogens with zero attached hydrogens (tertiary/aromatic N) is 2. The molecular formula is C19H21F3N4O2. The fourth-order valence-electron chi connectivity index (χ4n) is 3.46. The molecule has 0 bridgehead atoms. The molecule has 2 heterocycles. The van der Waals surface area contributed by atoms with Gasteiger partial charge in [-0.05, 0) is 6.92 Å². The van der Waals surface area contributed by atoms with Gasteiger partial charge in [-0.2, -0.15) is 13.2 Å². The molecule has 1 aliphatic rings. The van der Waals surface area contributed by atoms with Crippen LogP contribution < -0.4 is 20.7 Å². The molecule has 1 atom stereocenters. The quantitative estimate of drug-likeness (QED) is 0.834. The molecule has 1 fully saturated rings. The van der Waals surface area contributed by atoms with Gasteiger partial charge in [0.2, 0.25) is 5.88 Å². The summed E-state index contributed by atoms with van der Waals surface area (Å²) in [6.07, 6.45) is -4.83. The Labute approximate surface area is 160 Å². The van der Waals surface area contributed by atoms with Crippen LogP contribution in [0, 0.1) is 0 Å². The van der Waals surface area contributed by atoms with Crippen molar-refractivity contribution >= 4 is 11.6 Å². The van der Waals surface area contributed by atoms with E-state index in [4.69, 9.17) is 10.5 Å². The SMILES string of the molecule is COc1nc(-c2ccccc2)c(C(N)=O)c(C(F)(F)F)c1N1CCNCC1C. The van der Waals surface area contributed by atoms with Crippen LogP contribution in [0.4, 0.5) is 18.9 Å². The first kappa shape index (κ1) is 19.9. The minimum Gasteiger partial charge on any atom is -0.479 e. The van der Waals surface area contributed by atoms with Crippen molar-refractivity contribution in [3.05, 3.63) is 41.5 Å². The van der Waals surface area contributed by atoms with Crippen LogP contribution in [0.25, 0.3) is 11.3 Å². The monoisotopic (exact) mass is 394 g/mol. The molecule has 0 saturated carbocycles. The highest BCUT2D eigenvalue weighted by Crippen LogP contribution is 2.46. The van der Waals surface area contributed by atoms with Crippen LogP contribution in [0.5, 0.6) is 5.88 Å². The van der Waals surface area contributed by atoms with E-state index in [1.54, 1.807) is 42.2 Å². The first-order valence-electron chi connectivity index (χ1n) is 8.77. The van der Waals surface area contributed by atoms with Crippen LogP contribution in [-0.4, -0.2) is 43.7 Å². The van der Waals surface area contributed by atoms with Gasteiger partial charge in [0.15, 0.2) is 0 Å². The molecule has 150 valence electrons. The highest BCUT2D eigenvalue weighted by molar-refractivity contribution is 6.02. The third kappa shape index (κ3) is 3.62. The highest BCUT2D eigenvalue weighted by Gasteiger charge is 2.44. The zero-order chi connectivity index (χ0) is 20.5. The van der Waals surface area contributed by atoms with Gasteiger partial charge >= 0.3 is 6.18 Å². The molecule has 1 amide bonds. The van der Waals surface area contributed by atoms with Crippen LogP contribution in [0.1, 0.15) is 22.8 Å². The first-order valence-corrected chi connectivity index (χ1v) is 8.77. The zero-order valence-corrected chi connectivity index (χ0v) is 15.5. The number of benzene rings is 1. The number of anilines is 1. The van der Waals surface area contributed by atoms with Crippen molar-refractivity contribution in [3.63, 3.8) is 0 Å². The Morgan fingerprint density at radius 2 is 2.00 bits per heavy atom. The molecule has 9 heteroatoms. The van der Waals surface area contributed by atoms with E-state index in [2.05, 4.69) is 10.3 Å². The number of carbonyl (C=O) groups excluding carboxylic acids is 1. The molecule has 1 unspecified atom stereocenters. The molecule has 3 rings (SSSR count). The van der Waals surface area contributed by atoms with Gasteiger partial charge in [-0.25, -0.2) is 4.98 Å². The number of pyridine rings is 1. The Balaban J connectivity index is 2.40.